The van der Waals surface area contributed by atoms with Crippen molar-refractivity contribution in [1.82, 2.24) is 9.80 Å². The van der Waals surface area contributed by atoms with E-state index in [1.54, 1.807) is 7.11 Å². The highest BCUT2D eigenvalue weighted by Gasteiger charge is 2.27. The molecule has 1 aliphatic heterocycles. The van der Waals surface area contributed by atoms with E-state index in [-0.39, 0.29) is 6.10 Å². The number of hydrogen-bond donors (Lipinski definition) is 1. The average molecular weight is 216 g/mol. The van der Waals surface area contributed by atoms with Gasteiger partial charge in [0.15, 0.2) is 0 Å². The molecule has 1 fully saturated rings. The molecule has 1 heterocycles. The van der Waals surface area contributed by atoms with Gasteiger partial charge in [-0.25, -0.2) is 0 Å². The van der Waals surface area contributed by atoms with Crippen molar-refractivity contribution in [3.63, 3.8) is 0 Å². The Hall–Kier alpha value is -0.160. The van der Waals surface area contributed by atoms with Gasteiger partial charge in [0.05, 0.1) is 12.7 Å². The first-order valence-corrected chi connectivity index (χ1v) is 5.66. The number of methoxy groups -OCH3 is 1. The third kappa shape index (κ3) is 3.72. The van der Waals surface area contributed by atoms with Gasteiger partial charge in [0.25, 0.3) is 0 Å². The number of rotatable bonds is 4. The molecule has 3 atom stereocenters. The monoisotopic (exact) mass is 216 g/mol. The predicted molar refractivity (Wildman–Crippen MR) is 61.0 cm³/mol. The third-order valence-corrected chi connectivity index (χ3v) is 3.26. The molecule has 90 valence electrons. The van der Waals surface area contributed by atoms with Crippen molar-refractivity contribution < 1.29 is 9.84 Å². The van der Waals surface area contributed by atoms with Crippen LogP contribution in [0.5, 0.6) is 0 Å². The number of likely N-dealkylation sites (N-methyl/N-ethyl adjacent to an activating group) is 1. The van der Waals surface area contributed by atoms with Gasteiger partial charge in [-0.05, 0) is 20.9 Å². The lowest BCUT2D eigenvalue weighted by Crippen LogP contribution is -2.56. The van der Waals surface area contributed by atoms with Crippen LogP contribution in [0.3, 0.4) is 0 Å². The minimum absolute atomic E-state index is 0.363. The minimum atomic E-state index is -0.363. The highest BCUT2D eigenvalue weighted by Crippen LogP contribution is 2.13. The normalized spacial score (nSPS) is 31.8. The minimum Gasteiger partial charge on any atom is -0.389 e. The van der Waals surface area contributed by atoms with Gasteiger partial charge in [-0.2, -0.15) is 0 Å². The van der Waals surface area contributed by atoms with Gasteiger partial charge in [0.1, 0.15) is 0 Å². The maximum absolute atomic E-state index is 9.66. The van der Waals surface area contributed by atoms with Crippen LogP contribution in [0.1, 0.15) is 13.8 Å². The highest BCUT2D eigenvalue weighted by molar-refractivity contribution is 4.83. The smallest absolute Gasteiger partial charge is 0.0900 e. The summed E-state index contributed by atoms with van der Waals surface area (Å²) in [6.45, 7) is 7.66. The van der Waals surface area contributed by atoms with Crippen molar-refractivity contribution in [2.75, 3.05) is 40.4 Å². The molecule has 1 saturated heterocycles. The summed E-state index contributed by atoms with van der Waals surface area (Å²) < 4.78 is 4.93. The SMILES string of the molecule is COCC(O)CN1CC(C)N(C)C(C)C1. The van der Waals surface area contributed by atoms with Crippen LogP contribution >= 0.6 is 0 Å². The molecule has 3 unspecified atom stereocenters. The number of ether oxygens (including phenoxy) is 1. The quantitative estimate of drug-likeness (QED) is 0.718. The molecule has 4 heteroatoms. The summed E-state index contributed by atoms with van der Waals surface area (Å²) in [5.41, 5.74) is 0. The fraction of sp³-hybridized carbons (Fsp3) is 1.00. The zero-order valence-corrected chi connectivity index (χ0v) is 10.3. The largest absolute Gasteiger partial charge is 0.389 e. The van der Waals surface area contributed by atoms with Gasteiger partial charge in [0.2, 0.25) is 0 Å². The summed E-state index contributed by atoms with van der Waals surface area (Å²) in [6, 6.07) is 1.12. The molecule has 0 bridgehead atoms. The number of piperazine rings is 1. The van der Waals surface area contributed by atoms with Gasteiger partial charge < -0.3 is 9.84 Å². The number of nitrogens with zero attached hydrogens (tertiary/aromatic N) is 2. The first-order valence-electron chi connectivity index (χ1n) is 5.66. The van der Waals surface area contributed by atoms with Crippen molar-refractivity contribution in [3.8, 4) is 0 Å². The number of β-amino-alcohol motifs (C(OH)–C–C–N with tert-alkyl or cyclic N) is 1. The first kappa shape index (κ1) is 12.9. The van der Waals surface area contributed by atoms with Crippen molar-refractivity contribution >= 4 is 0 Å². The van der Waals surface area contributed by atoms with Crippen LogP contribution in [0.4, 0.5) is 0 Å². The first-order chi connectivity index (χ1) is 7.04. The molecule has 1 N–H and O–H groups in total. The average Bonchev–Trinajstić information content (AvgIpc) is 2.14. The molecule has 1 aliphatic rings. The number of aliphatic hydroxyl groups is 1. The van der Waals surface area contributed by atoms with Crippen molar-refractivity contribution in [2.45, 2.75) is 32.0 Å². The second kappa shape index (κ2) is 5.80. The third-order valence-electron chi connectivity index (χ3n) is 3.26. The van der Waals surface area contributed by atoms with Gasteiger partial charge in [-0.1, -0.05) is 0 Å². The van der Waals surface area contributed by atoms with E-state index in [1.165, 1.54) is 0 Å². The Labute approximate surface area is 92.8 Å². The lowest BCUT2D eigenvalue weighted by Gasteiger charge is -2.43. The zero-order valence-electron chi connectivity index (χ0n) is 10.3. The maximum Gasteiger partial charge on any atom is 0.0900 e. The zero-order chi connectivity index (χ0) is 11.4. The van der Waals surface area contributed by atoms with E-state index < -0.39 is 0 Å². The van der Waals surface area contributed by atoms with Crippen LogP contribution in [-0.2, 0) is 4.74 Å². The molecular weight excluding hydrogens is 192 g/mol. The Morgan fingerprint density at radius 3 is 2.33 bits per heavy atom. The Morgan fingerprint density at radius 2 is 1.87 bits per heavy atom. The van der Waals surface area contributed by atoms with E-state index in [4.69, 9.17) is 4.74 Å². The Morgan fingerprint density at radius 1 is 1.33 bits per heavy atom. The lowest BCUT2D eigenvalue weighted by atomic mass is 10.1. The van der Waals surface area contributed by atoms with Crippen LogP contribution in [0.2, 0.25) is 0 Å². The van der Waals surface area contributed by atoms with E-state index in [9.17, 15) is 5.11 Å². The van der Waals surface area contributed by atoms with Crippen molar-refractivity contribution in [3.05, 3.63) is 0 Å². The van der Waals surface area contributed by atoms with E-state index in [1.807, 2.05) is 0 Å². The summed E-state index contributed by atoms with van der Waals surface area (Å²) in [7, 11) is 3.79. The van der Waals surface area contributed by atoms with Crippen LogP contribution in [-0.4, -0.2) is 73.5 Å². The van der Waals surface area contributed by atoms with Gasteiger partial charge in [-0.15, -0.1) is 0 Å². The summed E-state index contributed by atoms with van der Waals surface area (Å²) in [5, 5.41) is 9.66. The summed E-state index contributed by atoms with van der Waals surface area (Å²) in [6.07, 6.45) is -0.363. The summed E-state index contributed by atoms with van der Waals surface area (Å²) in [4.78, 5) is 4.71. The molecule has 0 spiro atoms. The molecule has 15 heavy (non-hydrogen) atoms. The van der Waals surface area contributed by atoms with Crippen LogP contribution in [0.15, 0.2) is 0 Å². The molecular formula is C11H24N2O2. The van der Waals surface area contributed by atoms with Crippen LogP contribution < -0.4 is 0 Å². The molecule has 0 aromatic heterocycles. The van der Waals surface area contributed by atoms with Crippen molar-refractivity contribution in [2.24, 2.45) is 0 Å². The fourth-order valence-corrected chi connectivity index (χ4v) is 2.21. The Balaban J connectivity index is 2.37. The van der Waals surface area contributed by atoms with E-state index in [2.05, 4.69) is 30.7 Å². The standard InChI is InChI=1S/C11H24N2O2/c1-9-5-13(6-10(2)12(9)3)7-11(14)8-15-4/h9-11,14H,5-8H2,1-4H3. The topological polar surface area (TPSA) is 35.9 Å². The lowest BCUT2D eigenvalue weighted by molar-refractivity contribution is 0.00210. The van der Waals surface area contributed by atoms with Gasteiger partial charge >= 0.3 is 0 Å². The molecule has 0 aromatic rings. The molecule has 0 saturated carbocycles. The second-order valence-corrected chi connectivity index (χ2v) is 4.69. The van der Waals surface area contributed by atoms with E-state index >= 15 is 0 Å². The molecule has 0 radical (unpaired) electrons. The van der Waals surface area contributed by atoms with E-state index in [0.717, 1.165) is 19.6 Å². The van der Waals surface area contributed by atoms with Crippen LogP contribution in [0.25, 0.3) is 0 Å². The predicted octanol–water partition coefficient (Wildman–Crippen LogP) is 0.0181. The molecule has 0 aliphatic carbocycles. The van der Waals surface area contributed by atoms with Crippen LogP contribution in [0, 0.1) is 0 Å². The molecule has 1 rings (SSSR count). The van der Waals surface area contributed by atoms with E-state index in [0.29, 0.717) is 18.7 Å². The number of hydrogen-bond acceptors (Lipinski definition) is 4. The second-order valence-electron chi connectivity index (χ2n) is 4.69. The molecule has 0 amide bonds. The van der Waals surface area contributed by atoms with Crippen molar-refractivity contribution in [1.29, 1.82) is 0 Å². The number of aliphatic hydroxyl groups excluding tert-OH is 1. The Bertz CT molecular complexity index is 177. The fourth-order valence-electron chi connectivity index (χ4n) is 2.21. The summed E-state index contributed by atoms with van der Waals surface area (Å²) >= 11 is 0. The maximum atomic E-state index is 9.66. The Kier molecular flexibility index (Phi) is 4.99. The highest BCUT2D eigenvalue weighted by atomic mass is 16.5. The van der Waals surface area contributed by atoms with Gasteiger partial charge in [-0.3, -0.25) is 9.80 Å². The van der Waals surface area contributed by atoms with Gasteiger partial charge in [0, 0.05) is 38.8 Å². The summed E-state index contributed by atoms with van der Waals surface area (Å²) in [5.74, 6) is 0. The molecule has 0 aromatic carbocycles. The molecule has 4 nitrogen and oxygen atoms in total.